The topological polar surface area (TPSA) is 64.7 Å². The number of aryl methyl sites for hydroxylation is 2. The molecule has 3 rings (SSSR count). The summed E-state index contributed by atoms with van der Waals surface area (Å²) in [6, 6.07) is 7.46. The number of carbonyl (C=O) groups excluding carboxylic acids is 1. The Labute approximate surface area is 145 Å². The smallest absolute Gasteiger partial charge is 0.256 e. The second-order valence-corrected chi connectivity index (χ2v) is 6.04. The summed E-state index contributed by atoms with van der Waals surface area (Å²) in [5, 5.41) is 12.2. The van der Waals surface area contributed by atoms with Gasteiger partial charge in [-0.25, -0.2) is 9.36 Å². The van der Waals surface area contributed by atoms with E-state index in [2.05, 4.69) is 15.5 Å². The number of hydrogen-bond donors (Lipinski definition) is 1. The van der Waals surface area contributed by atoms with E-state index < -0.39 is 0 Å². The van der Waals surface area contributed by atoms with Crippen molar-refractivity contribution >= 4 is 23.2 Å². The van der Waals surface area contributed by atoms with E-state index in [1.54, 1.807) is 27.8 Å². The second kappa shape index (κ2) is 6.49. The number of amides is 1. The minimum Gasteiger partial charge on any atom is -0.319 e. The van der Waals surface area contributed by atoms with Gasteiger partial charge in [0.05, 0.1) is 34.5 Å². The first-order chi connectivity index (χ1) is 11.5. The number of nitrogens with zero attached hydrogens (tertiary/aromatic N) is 4. The maximum atomic E-state index is 12.3. The molecule has 24 heavy (non-hydrogen) atoms. The van der Waals surface area contributed by atoms with Gasteiger partial charge in [0, 0.05) is 5.56 Å². The van der Waals surface area contributed by atoms with Gasteiger partial charge in [0.25, 0.3) is 5.91 Å². The summed E-state index contributed by atoms with van der Waals surface area (Å²) in [5.41, 5.74) is 3.88. The molecule has 0 saturated carbocycles. The van der Waals surface area contributed by atoms with Crippen LogP contribution < -0.4 is 5.32 Å². The van der Waals surface area contributed by atoms with Crippen LogP contribution in [0.5, 0.6) is 0 Å². The maximum Gasteiger partial charge on any atom is 0.256 e. The van der Waals surface area contributed by atoms with E-state index in [-0.39, 0.29) is 5.91 Å². The van der Waals surface area contributed by atoms with Crippen LogP contribution in [0.15, 0.2) is 36.7 Å². The van der Waals surface area contributed by atoms with Crippen LogP contribution in [0.1, 0.15) is 27.3 Å². The molecule has 0 radical (unpaired) electrons. The molecule has 2 aromatic heterocycles. The second-order valence-electron chi connectivity index (χ2n) is 5.66. The molecule has 3 aromatic rings. The molecule has 124 valence electrons. The lowest BCUT2D eigenvalue weighted by atomic mass is 10.1. The maximum absolute atomic E-state index is 12.3. The van der Waals surface area contributed by atoms with Crippen LogP contribution in [0.4, 0.5) is 5.69 Å². The van der Waals surface area contributed by atoms with Crippen molar-refractivity contribution in [3.05, 3.63) is 64.2 Å². The fourth-order valence-electron chi connectivity index (χ4n) is 2.48. The minimum absolute atomic E-state index is 0.151. The highest BCUT2D eigenvalue weighted by Crippen LogP contribution is 2.19. The zero-order valence-electron chi connectivity index (χ0n) is 13.7. The average Bonchev–Trinajstić information content (AvgIpc) is 3.08. The number of benzene rings is 1. The zero-order chi connectivity index (χ0) is 17.3. The van der Waals surface area contributed by atoms with Crippen LogP contribution in [0.3, 0.4) is 0 Å². The van der Waals surface area contributed by atoms with Crippen LogP contribution in [-0.2, 0) is 6.67 Å². The lowest BCUT2D eigenvalue weighted by Gasteiger charge is -2.06. The highest BCUT2D eigenvalue weighted by Gasteiger charge is 2.12. The van der Waals surface area contributed by atoms with Crippen molar-refractivity contribution in [2.45, 2.75) is 27.4 Å². The molecule has 7 heteroatoms. The number of anilines is 1. The third-order valence-electron chi connectivity index (χ3n) is 3.85. The summed E-state index contributed by atoms with van der Waals surface area (Å²) < 4.78 is 3.47. The minimum atomic E-state index is -0.151. The summed E-state index contributed by atoms with van der Waals surface area (Å²) in [5.74, 6) is -0.151. The molecular formula is C17H18ClN5O. The Hall–Kier alpha value is -2.60. The molecule has 6 nitrogen and oxygen atoms in total. The normalized spacial score (nSPS) is 10.8. The third-order valence-corrected chi connectivity index (χ3v) is 4.40. The van der Waals surface area contributed by atoms with E-state index in [9.17, 15) is 4.79 Å². The van der Waals surface area contributed by atoms with E-state index in [0.717, 1.165) is 17.0 Å². The molecule has 1 amide bonds. The molecule has 0 aliphatic heterocycles. The predicted molar refractivity (Wildman–Crippen MR) is 93.5 cm³/mol. The van der Waals surface area contributed by atoms with E-state index in [0.29, 0.717) is 22.9 Å². The molecule has 0 spiro atoms. The first-order valence-electron chi connectivity index (χ1n) is 7.54. The Morgan fingerprint density at radius 1 is 1.25 bits per heavy atom. The third kappa shape index (κ3) is 3.19. The molecule has 0 aliphatic rings. The molecule has 0 atom stereocenters. The van der Waals surface area contributed by atoms with Crippen LogP contribution in [0, 0.1) is 20.8 Å². The lowest BCUT2D eigenvalue weighted by Crippen LogP contribution is -2.13. The molecular weight excluding hydrogens is 326 g/mol. The summed E-state index contributed by atoms with van der Waals surface area (Å²) in [7, 11) is 0. The monoisotopic (exact) mass is 343 g/mol. The quantitative estimate of drug-likeness (QED) is 0.789. The van der Waals surface area contributed by atoms with E-state index in [1.807, 2.05) is 39.0 Å². The van der Waals surface area contributed by atoms with Gasteiger partial charge in [-0.2, -0.15) is 10.2 Å². The number of rotatable bonds is 4. The van der Waals surface area contributed by atoms with Crippen molar-refractivity contribution < 1.29 is 4.79 Å². The van der Waals surface area contributed by atoms with Gasteiger partial charge in [-0.05, 0) is 32.4 Å². The molecule has 1 N–H and O–H groups in total. The van der Waals surface area contributed by atoms with Gasteiger partial charge >= 0.3 is 0 Å². The number of aromatic nitrogens is 4. The Bertz CT molecular complexity index is 896. The van der Waals surface area contributed by atoms with Crippen LogP contribution in [-0.4, -0.2) is 25.5 Å². The van der Waals surface area contributed by atoms with Crippen molar-refractivity contribution in [1.82, 2.24) is 19.6 Å². The molecule has 1 aromatic carbocycles. The Morgan fingerprint density at radius 2 is 2.00 bits per heavy atom. The number of nitrogens with one attached hydrogen (secondary N) is 1. The van der Waals surface area contributed by atoms with Gasteiger partial charge in [0.15, 0.2) is 0 Å². The van der Waals surface area contributed by atoms with Crippen molar-refractivity contribution in [2.75, 3.05) is 5.32 Å². The van der Waals surface area contributed by atoms with E-state index >= 15 is 0 Å². The first-order valence-corrected chi connectivity index (χ1v) is 7.92. The van der Waals surface area contributed by atoms with Gasteiger partial charge in [-0.3, -0.25) is 4.79 Å². The van der Waals surface area contributed by atoms with Crippen molar-refractivity contribution in [3.63, 3.8) is 0 Å². The fraction of sp³-hybridized carbons (Fsp3) is 0.235. The van der Waals surface area contributed by atoms with Crippen molar-refractivity contribution in [3.8, 4) is 0 Å². The molecule has 0 fully saturated rings. The number of halogens is 1. The van der Waals surface area contributed by atoms with Crippen molar-refractivity contribution in [1.29, 1.82) is 0 Å². The average molecular weight is 344 g/mol. The Morgan fingerprint density at radius 3 is 2.67 bits per heavy atom. The van der Waals surface area contributed by atoms with E-state index in [4.69, 9.17) is 11.6 Å². The highest BCUT2D eigenvalue weighted by atomic mass is 35.5. The summed E-state index contributed by atoms with van der Waals surface area (Å²) in [6.07, 6.45) is 3.38. The van der Waals surface area contributed by atoms with Crippen LogP contribution in [0.2, 0.25) is 5.02 Å². The van der Waals surface area contributed by atoms with Gasteiger partial charge in [-0.15, -0.1) is 0 Å². The number of hydrogen-bond acceptors (Lipinski definition) is 3. The zero-order valence-corrected chi connectivity index (χ0v) is 14.5. The molecule has 0 bridgehead atoms. The van der Waals surface area contributed by atoms with Crippen LogP contribution >= 0.6 is 11.6 Å². The SMILES string of the molecule is Cc1ccccc1C(=O)Nc1cnn(Cn2nc(C)c(Cl)c2C)c1. The Balaban J connectivity index is 1.73. The molecule has 0 aliphatic carbocycles. The van der Waals surface area contributed by atoms with Gasteiger partial charge in [0.2, 0.25) is 0 Å². The fourth-order valence-corrected chi connectivity index (χ4v) is 2.62. The highest BCUT2D eigenvalue weighted by molar-refractivity contribution is 6.31. The standard InChI is InChI=1S/C17H18ClN5O/c1-11-6-4-5-7-15(11)17(24)20-14-8-19-22(9-14)10-23-13(3)16(18)12(2)21-23/h4-9H,10H2,1-3H3,(H,20,24). The summed E-state index contributed by atoms with van der Waals surface area (Å²) in [4.78, 5) is 12.3. The Kier molecular flexibility index (Phi) is 4.40. The lowest BCUT2D eigenvalue weighted by molar-refractivity contribution is 0.102. The van der Waals surface area contributed by atoms with Crippen molar-refractivity contribution in [2.24, 2.45) is 0 Å². The predicted octanol–water partition coefficient (Wildman–Crippen LogP) is 3.42. The summed E-state index contributed by atoms with van der Waals surface area (Å²) in [6.45, 7) is 6.11. The number of carbonyl (C=O) groups is 1. The summed E-state index contributed by atoms with van der Waals surface area (Å²) >= 11 is 6.15. The molecule has 0 unspecified atom stereocenters. The first kappa shape index (κ1) is 16.3. The van der Waals surface area contributed by atoms with Crippen LogP contribution in [0.25, 0.3) is 0 Å². The largest absolute Gasteiger partial charge is 0.319 e. The molecule has 2 heterocycles. The van der Waals surface area contributed by atoms with Gasteiger partial charge in [0.1, 0.15) is 6.67 Å². The molecule has 0 saturated heterocycles. The van der Waals surface area contributed by atoms with Gasteiger partial charge in [-0.1, -0.05) is 29.8 Å². The van der Waals surface area contributed by atoms with Gasteiger partial charge < -0.3 is 5.32 Å². The van der Waals surface area contributed by atoms with E-state index in [1.165, 1.54) is 0 Å².